The van der Waals surface area contributed by atoms with Gasteiger partial charge in [0.2, 0.25) is 0 Å². The second-order valence-electron chi connectivity index (χ2n) is 4.20. The molecule has 0 saturated heterocycles. The second kappa shape index (κ2) is 4.35. The van der Waals surface area contributed by atoms with E-state index in [1.54, 1.807) is 0 Å². The van der Waals surface area contributed by atoms with E-state index in [9.17, 15) is 0 Å². The number of aromatic nitrogens is 2. The van der Waals surface area contributed by atoms with Crippen molar-refractivity contribution in [3.05, 3.63) is 16.9 Å². The van der Waals surface area contributed by atoms with E-state index in [0.717, 1.165) is 16.3 Å². The van der Waals surface area contributed by atoms with Gasteiger partial charge in [-0.1, -0.05) is 28.8 Å². The van der Waals surface area contributed by atoms with Gasteiger partial charge in [-0.2, -0.15) is 5.10 Å². The fourth-order valence-corrected chi connectivity index (χ4v) is 3.29. The average molecular weight is 322 g/mol. The molecule has 1 aromatic heterocycles. The van der Waals surface area contributed by atoms with Crippen molar-refractivity contribution in [2.24, 2.45) is 5.41 Å². The lowest BCUT2D eigenvalue weighted by Gasteiger charge is -2.26. The van der Waals surface area contributed by atoms with Crippen LogP contribution in [0.3, 0.4) is 0 Å². The lowest BCUT2D eigenvalue weighted by atomic mass is 9.89. The van der Waals surface area contributed by atoms with Gasteiger partial charge in [0.1, 0.15) is 0 Å². The highest BCUT2D eigenvalue weighted by Gasteiger charge is 2.33. The van der Waals surface area contributed by atoms with Crippen LogP contribution in [0, 0.1) is 5.41 Å². The first-order chi connectivity index (χ1) is 6.74. The zero-order valence-corrected chi connectivity index (χ0v) is 11.2. The number of hydrogen-bond donors (Lipinski definition) is 0. The summed E-state index contributed by atoms with van der Waals surface area (Å²) in [6.07, 6.45) is 9.31. The van der Waals surface area contributed by atoms with Crippen molar-refractivity contribution >= 4 is 31.9 Å². The van der Waals surface area contributed by atoms with E-state index in [1.165, 1.54) is 25.7 Å². The number of alkyl halides is 1. The van der Waals surface area contributed by atoms with Gasteiger partial charge in [-0.3, -0.25) is 4.68 Å². The molecule has 1 fully saturated rings. The maximum atomic E-state index is 4.32. The molecule has 1 aromatic rings. The van der Waals surface area contributed by atoms with Crippen molar-refractivity contribution in [2.45, 2.75) is 32.2 Å². The molecule has 14 heavy (non-hydrogen) atoms. The molecule has 0 spiro atoms. The Morgan fingerprint density at radius 2 is 2.14 bits per heavy atom. The lowest BCUT2D eigenvalue weighted by Crippen LogP contribution is -2.25. The minimum atomic E-state index is 0.450. The third kappa shape index (κ3) is 2.22. The van der Waals surface area contributed by atoms with Crippen LogP contribution in [-0.2, 0) is 6.54 Å². The molecule has 0 radical (unpaired) electrons. The fraction of sp³-hybridized carbons (Fsp3) is 0.700. The smallest absolute Gasteiger partial charge is 0.0632 e. The zero-order chi connectivity index (χ0) is 10.0. The second-order valence-corrected chi connectivity index (χ2v) is 5.67. The topological polar surface area (TPSA) is 17.8 Å². The molecule has 2 rings (SSSR count). The lowest BCUT2D eigenvalue weighted by molar-refractivity contribution is 0.278. The predicted octanol–water partition coefficient (Wildman–Crippen LogP) is 3.60. The van der Waals surface area contributed by atoms with Crippen molar-refractivity contribution in [2.75, 3.05) is 5.33 Å². The Bertz CT molecular complexity index is 303. The first-order valence-corrected chi connectivity index (χ1v) is 6.89. The monoisotopic (exact) mass is 320 g/mol. The Morgan fingerprint density at radius 3 is 2.64 bits per heavy atom. The highest BCUT2D eigenvalue weighted by atomic mass is 79.9. The number of hydrogen-bond acceptors (Lipinski definition) is 1. The standard InChI is InChI=1S/C10H14Br2N2/c11-7-10(3-1-2-4-10)8-14-6-9(12)5-13-14/h5-6H,1-4,7-8H2. The van der Waals surface area contributed by atoms with Gasteiger partial charge >= 0.3 is 0 Å². The molecule has 0 unspecified atom stereocenters. The summed E-state index contributed by atoms with van der Waals surface area (Å²) in [6.45, 7) is 1.05. The van der Waals surface area contributed by atoms with E-state index in [0.29, 0.717) is 5.41 Å². The summed E-state index contributed by atoms with van der Waals surface area (Å²) in [6, 6.07) is 0. The summed E-state index contributed by atoms with van der Waals surface area (Å²) in [5.74, 6) is 0. The van der Waals surface area contributed by atoms with Crippen LogP contribution < -0.4 is 0 Å². The molecule has 0 aromatic carbocycles. The SMILES string of the molecule is BrCC1(Cn2cc(Br)cn2)CCCC1. The molecule has 0 atom stereocenters. The maximum absolute atomic E-state index is 4.32. The zero-order valence-electron chi connectivity index (χ0n) is 8.05. The Hall–Kier alpha value is 0.170. The number of halogens is 2. The van der Waals surface area contributed by atoms with Gasteiger partial charge in [-0.25, -0.2) is 0 Å². The highest BCUT2D eigenvalue weighted by molar-refractivity contribution is 9.10. The minimum Gasteiger partial charge on any atom is -0.271 e. The largest absolute Gasteiger partial charge is 0.271 e. The van der Waals surface area contributed by atoms with Gasteiger partial charge in [0.25, 0.3) is 0 Å². The summed E-state index contributed by atoms with van der Waals surface area (Å²) in [5.41, 5.74) is 0.450. The van der Waals surface area contributed by atoms with E-state index in [4.69, 9.17) is 0 Å². The Kier molecular flexibility index (Phi) is 3.32. The van der Waals surface area contributed by atoms with Crippen LogP contribution in [0.1, 0.15) is 25.7 Å². The molecule has 2 nitrogen and oxygen atoms in total. The predicted molar refractivity (Wildman–Crippen MR) is 64.6 cm³/mol. The first kappa shape index (κ1) is 10.7. The molecular formula is C10H14Br2N2. The molecule has 1 saturated carbocycles. The normalized spacial score (nSPS) is 20.1. The van der Waals surface area contributed by atoms with Crippen molar-refractivity contribution in [3.8, 4) is 0 Å². The van der Waals surface area contributed by atoms with Crippen LogP contribution in [0.2, 0.25) is 0 Å². The van der Waals surface area contributed by atoms with Crippen LogP contribution in [0.25, 0.3) is 0 Å². The van der Waals surface area contributed by atoms with Gasteiger partial charge in [0, 0.05) is 18.1 Å². The molecule has 0 amide bonds. The van der Waals surface area contributed by atoms with E-state index >= 15 is 0 Å². The van der Waals surface area contributed by atoms with Gasteiger partial charge < -0.3 is 0 Å². The molecule has 78 valence electrons. The van der Waals surface area contributed by atoms with Crippen LogP contribution in [0.5, 0.6) is 0 Å². The summed E-state index contributed by atoms with van der Waals surface area (Å²) in [5, 5.41) is 5.42. The molecular weight excluding hydrogens is 308 g/mol. The van der Waals surface area contributed by atoms with Gasteiger partial charge in [0.15, 0.2) is 0 Å². The van der Waals surface area contributed by atoms with E-state index in [2.05, 4.69) is 47.8 Å². The molecule has 1 aliphatic rings. The van der Waals surface area contributed by atoms with Gasteiger partial charge in [-0.05, 0) is 34.2 Å². The van der Waals surface area contributed by atoms with Crippen LogP contribution in [0.15, 0.2) is 16.9 Å². The number of nitrogens with zero attached hydrogens (tertiary/aromatic N) is 2. The summed E-state index contributed by atoms with van der Waals surface area (Å²) >= 11 is 7.07. The average Bonchev–Trinajstić information content (AvgIpc) is 2.77. The Labute approximate surface area is 101 Å². The van der Waals surface area contributed by atoms with Crippen molar-refractivity contribution in [1.82, 2.24) is 9.78 Å². The molecule has 1 aliphatic carbocycles. The van der Waals surface area contributed by atoms with Crippen molar-refractivity contribution in [1.29, 1.82) is 0 Å². The van der Waals surface area contributed by atoms with Crippen molar-refractivity contribution < 1.29 is 0 Å². The Balaban J connectivity index is 2.08. The fourth-order valence-electron chi connectivity index (χ4n) is 2.23. The van der Waals surface area contributed by atoms with Crippen molar-refractivity contribution in [3.63, 3.8) is 0 Å². The molecule has 0 N–H and O–H groups in total. The number of rotatable bonds is 3. The third-order valence-electron chi connectivity index (χ3n) is 3.05. The summed E-state index contributed by atoms with van der Waals surface area (Å²) in [7, 11) is 0. The first-order valence-electron chi connectivity index (χ1n) is 4.98. The van der Waals surface area contributed by atoms with E-state index in [1.807, 2.05) is 6.20 Å². The molecule has 0 bridgehead atoms. The molecule has 1 heterocycles. The van der Waals surface area contributed by atoms with Crippen LogP contribution in [-0.4, -0.2) is 15.1 Å². The van der Waals surface area contributed by atoms with Gasteiger partial charge in [-0.15, -0.1) is 0 Å². The summed E-state index contributed by atoms with van der Waals surface area (Å²) in [4.78, 5) is 0. The maximum Gasteiger partial charge on any atom is 0.0632 e. The van der Waals surface area contributed by atoms with E-state index in [-0.39, 0.29) is 0 Å². The van der Waals surface area contributed by atoms with Gasteiger partial charge in [0.05, 0.1) is 10.7 Å². The minimum absolute atomic E-state index is 0.450. The molecule has 0 aliphatic heterocycles. The van der Waals surface area contributed by atoms with E-state index < -0.39 is 0 Å². The van der Waals surface area contributed by atoms with Crippen LogP contribution in [0.4, 0.5) is 0 Å². The highest BCUT2D eigenvalue weighted by Crippen LogP contribution is 2.40. The van der Waals surface area contributed by atoms with Crippen LogP contribution >= 0.6 is 31.9 Å². The summed E-state index contributed by atoms with van der Waals surface area (Å²) < 4.78 is 3.12. The Morgan fingerprint density at radius 1 is 1.43 bits per heavy atom. The quantitative estimate of drug-likeness (QED) is 0.778. The molecule has 4 heteroatoms. The third-order valence-corrected chi connectivity index (χ3v) is 4.65.